The summed E-state index contributed by atoms with van der Waals surface area (Å²) < 4.78 is 28.7. The lowest BCUT2D eigenvalue weighted by Crippen LogP contribution is -2.36. The molecular formula is C21H23ClF2N2O2. The van der Waals surface area contributed by atoms with Crippen molar-refractivity contribution in [3.05, 3.63) is 64.7 Å². The quantitative estimate of drug-likeness (QED) is 0.717. The van der Waals surface area contributed by atoms with Gasteiger partial charge in [-0.1, -0.05) is 35.9 Å². The average Bonchev–Trinajstić information content (AvgIpc) is 2.90. The molecule has 1 aliphatic heterocycles. The number of amides is 1. The molecule has 0 bridgehead atoms. The molecule has 1 amide bonds. The second-order valence-electron chi connectivity index (χ2n) is 6.84. The van der Waals surface area contributed by atoms with Crippen molar-refractivity contribution in [1.29, 1.82) is 0 Å². The van der Waals surface area contributed by atoms with Gasteiger partial charge in [0.1, 0.15) is 5.75 Å². The van der Waals surface area contributed by atoms with Crippen LogP contribution in [0.1, 0.15) is 17.5 Å². The first-order valence-corrected chi connectivity index (χ1v) is 9.66. The largest absolute Gasteiger partial charge is 0.435 e. The Kier molecular flexibility index (Phi) is 7.23. The number of alkyl halides is 2. The van der Waals surface area contributed by atoms with Gasteiger partial charge in [-0.05, 0) is 41.8 Å². The summed E-state index contributed by atoms with van der Waals surface area (Å²) in [6.07, 6.45) is 1.17. The molecule has 28 heavy (non-hydrogen) atoms. The highest BCUT2D eigenvalue weighted by atomic mass is 35.5. The molecule has 1 fully saturated rings. The van der Waals surface area contributed by atoms with Gasteiger partial charge < -0.3 is 9.64 Å². The highest BCUT2D eigenvalue weighted by Crippen LogP contribution is 2.17. The van der Waals surface area contributed by atoms with E-state index in [1.54, 1.807) is 12.1 Å². The first-order valence-electron chi connectivity index (χ1n) is 9.28. The normalized spacial score (nSPS) is 15.5. The predicted molar refractivity (Wildman–Crippen MR) is 105 cm³/mol. The van der Waals surface area contributed by atoms with Crippen molar-refractivity contribution < 1.29 is 18.3 Å². The van der Waals surface area contributed by atoms with Crippen LogP contribution in [0, 0.1) is 0 Å². The number of halogens is 3. The molecule has 0 N–H and O–H groups in total. The van der Waals surface area contributed by atoms with E-state index < -0.39 is 6.61 Å². The molecule has 0 atom stereocenters. The minimum absolute atomic E-state index is 0.0517. The Balaban J connectivity index is 1.50. The number of carbonyl (C=O) groups excluding carboxylic acids is 1. The fourth-order valence-electron chi connectivity index (χ4n) is 3.30. The second kappa shape index (κ2) is 9.85. The summed E-state index contributed by atoms with van der Waals surface area (Å²) in [5, 5.41) is 0.727. The Hall–Kier alpha value is -2.18. The molecular weight excluding hydrogens is 386 g/mol. The van der Waals surface area contributed by atoms with Gasteiger partial charge in [-0.3, -0.25) is 9.69 Å². The van der Waals surface area contributed by atoms with Crippen molar-refractivity contribution >= 4 is 17.5 Å². The highest BCUT2D eigenvalue weighted by molar-refractivity contribution is 6.30. The van der Waals surface area contributed by atoms with Crippen LogP contribution in [0.15, 0.2) is 48.5 Å². The van der Waals surface area contributed by atoms with Gasteiger partial charge in [0.05, 0.1) is 6.42 Å². The fourth-order valence-corrected chi connectivity index (χ4v) is 3.43. The van der Waals surface area contributed by atoms with Gasteiger partial charge in [0, 0.05) is 37.7 Å². The van der Waals surface area contributed by atoms with Crippen LogP contribution >= 0.6 is 11.6 Å². The van der Waals surface area contributed by atoms with Gasteiger partial charge in [0.2, 0.25) is 5.91 Å². The van der Waals surface area contributed by atoms with E-state index in [4.69, 9.17) is 11.6 Å². The number of ether oxygens (including phenoxy) is 1. The van der Waals surface area contributed by atoms with Crippen LogP contribution in [0.5, 0.6) is 5.75 Å². The number of hydrogen-bond donors (Lipinski definition) is 0. The lowest BCUT2D eigenvalue weighted by molar-refractivity contribution is -0.130. The van der Waals surface area contributed by atoms with Crippen LogP contribution in [0.4, 0.5) is 8.78 Å². The van der Waals surface area contributed by atoms with E-state index in [1.165, 1.54) is 17.7 Å². The van der Waals surface area contributed by atoms with Gasteiger partial charge in [-0.2, -0.15) is 8.78 Å². The molecule has 0 radical (unpaired) electrons. The van der Waals surface area contributed by atoms with Crippen molar-refractivity contribution in [2.45, 2.75) is 26.0 Å². The molecule has 1 aliphatic rings. The average molecular weight is 409 g/mol. The molecule has 0 spiro atoms. The smallest absolute Gasteiger partial charge is 0.387 e. The fraction of sp³-hybridized carbons (Fsp3) is 0.381. The van der Waals surface area contributed by atoms with Crippen molar-refractivity contribution in [1.82, 2.24) is 9.80 Å². The van der Waals surface area contributed by atoms with E-state index in [0.717, 1.165) is 43.2 Å². The summed E-state index contributed by atoms with van der Waals surface area (Å²) in [7, 11) is 0. The third kappa shape index (κ3) is 6.17. The van der Waals surface area contributed by atoms with Crippen LogP contribution < -0.4 is 4.74 Å². The van der Waals surface area contributed by atoms with E-state index in [1.807, 2.05) is 29.2 Å². The molecule has 0 aromatic heterocycles. The Morgan fingerprint density at radius 3 is 2.32 bits per heavy atom. The molecule has 0 saturated carbocycles. The molecule has 1 heterocycles. The maximum absolute atomic E-state index is 12.6. The second-order valence-corrected chi connectivity index (χ2v) is 7.27. The monoisotopic (exact) mass is 408 g/mol. The third-order valence-electron chi connectivity index (χ3n) is 4.76. The summed E-state index contributed by atoms with van der Waals surface area (Å²) in [6.45, 7) is 1.15. The van der Waals surface area contributed by atoms with Gasteiger partial charge >= 0.3 is 6.61 Å². The van der Waals surface area contributed by atoms with Crippen molar-refractivity contribution in [3.8, 4) is 5.75 Å². The standard InChI is InChI=1S/C21H23ClF2N2O2/c22-18-6-2-17(3-7-18)15-25-10-1-11-26(13-12-25)20(27)14-16-4-8-19(9-5-16)28-21(23)24/h2-9,21H,1,10-15H2. The van der Waals surface area contributed by atoms with Crippen molar-refractivity contribution in [2.24, 2.45) is 0 Å². The maximum atomic E-state index is 12.6. The number of rotatable bonds is 6. The lowest BCUT2D eigenvalue weighted by atomic mass is 10.1. The van der Waals surface area contributed by atoms with Crippen LogP contribution in [0.25, 0.3) is 0 Å². The molecule has 3 rings (SSSR count). The number of hydrogen-bond acceptors (Lipinski definition) is 3. The molecule has 0 unspecified atom stereocenters. The van der Waals surface area contributed by atoms with Gasteiger partial charge in [0.15, 0.2) is 0 Å². The molecule has 1 saturated heterocycles. The van der Waals surface area contributed by atoms with Gasteiger partial charge in [-0.25, -0.2) is 0 Å². The Labute approximate surface area is 168 Å². The summed E-state index contributed by atoms with van der Waals surface area (Å²) in [6, 6.07) is 14.1. The Bertz CT molecular complexity index is 769. The highest BCUT2D eigenvalue weighted by Gasteiger charge is 2.19. The Morgan fingerprint density at radius 1 is 0.964 bits per heavy atom. The molecule has 2 aromatic carbocycles. The zero-order valence-corrected chi connectivity index (χ0v) is 16.2. The molecule has 150 valence electrons. The lowest BCUT2D eigenvalue weighted by Gasteiger charge is -2.22. The SMILES string of the molecule is O=C(Cc1ccc(OC(F)F)cc1)N1CCCN(Cc2ccc(Cl)cc2)CC1. The van der Waals surface area contributed by atoms with Gasteiger partial charge in [-0.15, -0.1) is 0 Å². The molecule has 0 aliphatic carbocycles. The van der Waals surface area contributed by atoms with Crippen LogP contribution in [0.3, 0.4) is 0 Å². The van der Waals surface area contributed by atoms with Crippen LogP contribution in [-0.2, 0) is 17.8 Å². The third-order valence-corrected chi connectivity index (χ3v) is 5.02. The first-order chi connectivity index (χ1) is 13.5. The van der Waals surface area contributed by atoms with Gasteiger partial charge in [0.25, 0.3) is 0 Å². The zero-order valence-electron chi connectivity index (χ0n) is 15.5. The van der Waals surface area contributed by atoms with E-state index in [-0.39, 0.29) is 18.1 Å². The minimum Gasteiger partial charge on any atom is -0.435 e. The number of nitrogens with zero attached hydrogens (tertiary/aromatic N) is 2. The van der Waals surface area contributed by atoms with E-state index in [9.17, 15) is 13.6 Å². The predicted octanol–water partition coefficient (Wildman–Crippen LogP) is 4.22. The number of benzene rings is 2. The molecule has 4 nitrogen and oxygen atoms in total. The maximum Gasteiger partial charge on any atom is 0.387 e. The van der Waals surface area contributed by atoms with Crippen molar-refractivity contribution in [2.75, 3.05) is 26.2 Å². The summed E-state index contributed by atoms with van der Waals surface area (Å²) in [4.78, 5) is 16.8. The van der Waals surface area contributed by atoms with Crippen molar-refractivity contribution in [3.63, 3.8) is 0 Å². The first kappa shape index (κ1) is 20.6. The Morgan fingerprint density at radius 2 is 1.64 bits per heavy atom. The summed E-state index contributed by atoms with van der Waals surface area (Å²) in [5.74, 6) is 0.148. The van der Waals surface area contributed by atoms with Crippen LogP contribution in [-0.4, -0.2) is 48.5 Å². The molecule has 2 aromatic rings. The summed E-state index contributed by atoms with van der Waals surface area (Å²) in [5.41, 5.74) is 1.99. The molecule has 7 heteroatoms. The van der Waals surface area contributed by atoms with E-state index in [0.29, 0.717) is 6.54 Å². The van der Waals surface area contributed by atoms with E-state index in [2.05, 4.69) is 9.64 Å². The van der Waals surface area contributed by atoms with Crippen LogP contribution in [0.2, 0.25) is 5.02 Å². The minimum atomic E-state index is -2.85. The topological polar surface area (TPSA) is 32.8 Å². The zero-order chi connectivity index (χ0) is 19.9. The number of carbonyl (C=O) groups is 1. The van der Waals surface area contributed by atoms with E-state index >= 15 is 0 Å². The summed E-state index contributed by atoms with van der Waals surface area (Å²) >= 11 is 5.93.